The van der Waals surface area contributed by atoms with Crippen LogP contribution in [0.3, 0.4) is 0 Å². The summed E-state index contributed by atoms with van der Waals surface area (Å²) >= 11 is 1.69. The van der Waals surface area contributed by atoms with Crippen molar-refractivity contribution in [2.75, 3.05) is 17.7 Å². The number of nitrogens with zero attached hydrogens (tertiary/aromatic N) is 1. The summed E-state index contributed by atoms with van der Waals surface area (Å²) in [5.74, 6) is 0. The molecule has 0 amide bonds. The van der Waals surface area contributed by atoms with Crippen LogP contribution in [0.25, 0.3) is 5.52 Å². The van der Waals surface area contributed by atoms with Crippen molar-refractivity contribution >= 4 is 28.7 Å². The Labute approximate surface area is 87.1 Å². The lowest BCUT2D eigenvalue weighted by Crippen LogP contribution is -1.90. The van der Waals surface area contributed by atoms with Crippen LogP contribution in [0.2, 0.25) is 0 Å². The summed E-state index contributed by atoms with van der Waals surface area (Å²) in [5, 5.41) is 1.18. The Morgan fingerprint density at radius 2 is 2.07 bits per heavy atom. The van der Waals surface area contributed by atoms with E-state index < -0.39 is 0 Å². The molecule has 0 aromatic carbocycles. The molecule has 0 bridgehead atoms. The molecule has 0 aliphatic heterocycles. The number of anilines is 2. The maximum absolute atomic E-state index is 5.99. The van der Waals surface area contributed by atoms with Crippen molar-refractivity contribution in [3.63, 3.8) is 0 Å². The predicted molar refractivity (Wildman–Crippen MR) is 62.7 cm³/mol. The van der Waals surface area contributed by atoms with E-state index in [0.29, 0.717) is 0 Å². The third-order valence-corrected chi connectivity index (χ3v) is 3.28. The highest BCUT2D eigenvalue weighted by atomic mass is 32.2. The van der Waals surface area contributed by atoms with Crippen LogP contribution in [0, 0.1) is 6.92 Å². The van der Waals surface area contributed by atoms with Gasteiger partial charge in [0.25, 0.3) is 0 Å². The zero-order valence-corrected chi connectivity index (χ0v) is 9.06. The number of fused-ring (bicyclic) bond motifs is 1. The van der Waals surface area contributed by atoms with Crippen molar-refractivity contribution in [2.24, 2.45) is 0 Å². The fourth-order valence-corrected chi connectivity index (χ4v) is 2.41. The molecule has 2 aromatic heterocycles. The molecule has 74 valence electrons. The van der Waals surface area contributed by atoms with E-state index in [1.165, 1.54) is 5.03 Å². The molecule has 0 spiro atoms. The van der Waals surface area contributed by atoms with Gasteiger partial charge in [0.15, 0.2) is 0 Å². The third-order valence-electron chi connectivity index (χ3n) is 2.39. The highest BCUT2D eigenvalue weighted by molar-refractivity contribution is 7.98. The van der Waals surface area contributed by atoms with Gasteiger partial charge in [-0.1, -0.05) is 0 Å². The number of nitrogen functional groups attached to an aromatic ring is 2. The first kappa shape index (κ1) is 9.27. The molecule has 2 aromatic rings. The predicted octanol–water partition coefficient (Wildman–Crippen LogP) is 2.13. The van der Waals surface area contributed by atoms with Crippen LogP contribution in [0.5, 0.6) is 0 Å². The van der Waals surface area contributed by atoms with Crippen molar-refractivity contribution in [2.45, 2.75) is 11.9 Å². The van der Waals surface area contributed by atoms with Gasteiger partial charge >= 0.3 is 0 Å². The monoisotopic (exact) mass is 207 g/mol. The summed E-state index contributed by atoms with van der Waals surface area (Å²) < 4.78 is 2.08. The first-order valence-corrected chi connectivity index (χ1v) is 5.57. The van der Waals surface area contributed by atoms with E-state index in [4.69, 9.17) is 11.5 Å². The molecule has 0 atom stereocenters. The lowest BCUT2D eigenvalue weighted by molar-refractivity contribution is 1.03. The second-order valence-electron chi connectivity index (χ2n) is 3.26. The van der Waals surface area contributed by atoms with Gasteiger partial charge in [-0.15, -0.1) is 11.8 Å². The zero-order chi connectivity index (χ0) is 10.3. The Balaban J connectivity index is 2.88. The molecule has 0 aliphatic rings. The Bertz CT molecular complexity index is 488. The number of nitrogens with two attached hydrogens (primary N) is 2. The van der Waals surface area contributed by atoms with Crippen molar-refractivity contribution in [1.29, 1.82) is 0 Å². The van der Waals surface area contributed by atoms with Gasteiger partial charge < -0.3 is 15.9 Å². The molecule has 4 N–H and O–H groups in total. The molecule has 2 heterocycles. The number of pyridine rings is 1. The standard InChI is InChI=1S/C10H13N3S/c1-6-9(12)8-5-7(11)3-4-13(8)10(6)14-2/h3-5H,11-12H2,1-2H3. The summed E-state index contributed by atoms with van der Waals surface area (Å²) in [7, 11) is 0. The minimum absolute atomic E-state index is 0.745. The summed E-state index contributed by atoms with van der Waals surface area (Å²) in [6.07, 6.45) is 4.00. The molecule has 4 heteroatoms. The van der Waals surface area contributed by atoms with Crippen LogP contribution in [-0.2, 0) is 0 Å². The average molecular weight is 207 g/mol. The summed E-state index contributed by atoms with van der Waals surface area (Å²) in [5.41, 5.74) is 15.4. The van der Waals surface area contributed by atoms with E-state index in [1.807, 2.05) is 31.5 Å². The summed E-state index contributed by atoms with van der Waals surface area (Å²) in [6, 6.07) is 3.79. The largest absolute Gasteiger partial charge is 0.399 e. The van der Waals surface area contributed by atoms with E-state index in [2.05, 4.69) is 4.40 Å². The number of hydrogen-bond acceptors (Lipinski definition) is 3. The van der Waals surface area contributed by atoms with E-state index >= 15 is 0 Å². The molecular formula is C10H13N3S. The molecule has 3 nitrogen and oxygen atoms in total. The van der Waals surface area contributed by atoms with Crippen LogP contribution >= 0.6 is 11.8 Å². The first-order chi connectivity index (χ1) is 6.65. The molecular weight excluding hydrogens is 194 g/mol. The molecule has 0 fully saturated rings. The Kier molecular flexibility index (Phi) is 2.07. The van der Waals surface area contributed by atoms with Crippen LogP contribution in [-0.4, -0.2) is 10.7 Å². The second-order valence-corrected chi connectivity index (χ2v) is 4.06. The molecule has 0 unspecified atom stereocenters. The van der Waals surface area contributed by atoms with Crippen LogP contribution < -0.4 is 11.5 Å². The van der Waals surface area contributed by atoms with Crippen molar-refractivity contribution in [1.82, 2.24) is 4.40 Å². The van der Waals surface area contributed by atoms with Crippen molar-refractivity contribution < 1.29 is 0 Å². The first-order valence-electron chi connectivity index (χ1n) is 4.34. The van der Waals surface area contributed by atoms with Gasteiger partial charge in [0.2, 0.25) is 0 Å². The Morgan fingerprint density at radius 1 is 1.36 bits per heavy atom. The fourth-order valence-electron chi connectivity index (χ4n) is 1.64. The van der Waals surface area contributed by atoms with Gasteiger partial charge in [-0.25, -0.2) is 0 Å². The lowest BCUT2D eigenvalue weighted by atomic mass is 10.3. The van der Waals surface area contributed by atoms with E-state index in [-0.39, 0.29) is 0 Å². The van der Waals surface area contributed by atoms with Gasteiger partial charge in [-0.2, -0.15) is 0 Å². The van der Waals surface area contributed by atoms with Gasteiger partial charge in [-0.05, 0) is 25.3 Å². The maximum Gasteiger partial charge on any atom is 0.0842 e. The fraction of sp³-hybridized carbons (Fsp3) is 0.200. The molecule has 0 aliphatic carbocycles. The zero-order valence-electron chi connectivity index (χ0n) is 8.24. The topological polar surface area (TPSA) is 56.5 Å². The smallest absolute Gasteiger partial charge is 0.0842 e. The second kappa shape index (κ2) is 3.13. The summed E-state index contributed by atoms with van der Waals surface area (Å²) in [4.78, 5) is 0. The lowest BCUT2D eigenvalue weighted by Gasteiger charge is -2.00. The van der Waals surface area contributed by atoms with Crippen LogP contribution in [0.15, 0.2) is 23.4 Å². The highest BCUT2D eigenvalue weighted by Gasteiger charge is 2.11. The number of hydrogen-bond donors (Lipinski definition) is 2. The summed E-state index contributed by atoms with van der Waals surface area (Å²) in [6.45, 7) is 2.03. The molecule has 0 saturated heterocycles. The van der Waals surface area contributed by atoms with Crippen molar-refractivity contribution in [3.05, 3.63) is 23.9 Å². The van der Waals surface area contributed by atoms with E-state index in [1.54, 1.807) is 11.8 Å². The molecule has 2 rings (SSSR count). The molecule has 0 radical (unpaired) electrons. The van der Waals surface area contributed by atoms with E-state index in [9.17, 15) is 0 Å². The number of rotatable bonds is 1. The average Bonchev–Trinajstić information content (AvgIpc) is 2.41. The van der Waals surface area contributed by atoms with Crippen molar-refractivity contribution in [3.8, 4) is 0 Å². The Hall–Kier alpha value is -1.29. The normalized spacial score (nSPS) is 11.0. The van der Waals surface area contributed by atoms with Crippen LogP contribution in [0.4, 0.5) is 11.4 Å². The van der Waals surface area contributed by atoms with Crippen LogP contribution in [0.1, 0.15) is 5.56 Å². The number of aromatic nitrogens is 1. The molecule has 0 saturated carbocycles. The minimum atomic E-state index is 0.745. The van der Waals surface area contributed by atoms with Gasteiger partial charge in [0.1, 0.15) is 0 Å². The minimum Gasteiger partial charge on any atom is -0.399 e. The maximum atomic E-state index is 5.99. The quantitative estimate of drug-likeness (QED) is 0.704. The SMILES string of the molecule is CSc1c(C)c(N)c2cc(N)ccn12. The van der Waals surface area contributed by atoms with E-state index in [0.717, 1.165) is 22.5 Å². The van der Waals surface area contributed by atoms with Gasteiger partial charge in [0.05, 0.1) is 16.2 Å². The highest BCUT2D eigenvalue weighted by Crippen LogP contribution is 2.31. The third kappa shape index (κ3) is 1.14. The number of thioether (sulfide) groups is 1. The van der Waals surface area contributed by atoms with Gasteiger partial charge in [-0.3, -0.25) is 0 Å². The van der Waals surface area contributed by atoms with Gasteiger partial charge in [0, 0.05) is 17.4 Å². The molecule has 14 heavy (non-hydrogen) atoms. The Morgan fingerprint density at radius 3 is 2.71 bits per heavy atom.